The first kappa shape index (κ1) is 21.1. The third-order valence-corrected chi connectivity index (χ3v) is 6.99. The molecule has 2 aliphatic rings. The maximum absolute atomic E-state index is 13.3. The van der Waals surface area contributed by atoms with Crippen molar-refractivity contribution in [2.75, 3.05) is 0 Å². The number of hydrogen-bond acceptors (Lipinski definition) is 2. The summed E-state index contributed by atoms with van der Waals surface area (Å²) in [5, 5.41) is 0. The molecule has 0 amide bonds. The lowest BCUT2D eigenvalue weighted by atomic mass is 9.81. The average Bonchev–Trinajstić information content (AvgIpc) is 3.59. The molecule has 2 saturated carbocycles. The maximum atomic E-state index is 13.3. The summed E-state index contributed by atoms with van der Waals surface area (Å²) in [4.78, 5) is 26.2. The molecule has 2 fully saturated rings. The minimum Gasteiger partial charge on any atom is -0.315 e. The van der Waals surface area contributed by atoms with Crippen LogP contribution >= 0.6 is 0 Å². The van der Waals surface area contributed by atoms with Crippen LogP contribution < -0.4 is 11.1 Å². The molecule has 4 rings (SSSR count). The molecule has 0 radical (unpaired) electrons. The van der Waals surface area contributed by atoms with Crippen molar-refractivity contribution in [3.63, 3.8) is 0 Å². The lowest BCUT2D eigenvalue weighted by Crippen LogP contribution is -2.35. The third-order valence-electron chi connectivity index (χ3n) is 6.99. The summed E-state index contributed by atoms with van der Waals surface area (Å²) in [6.45, 7) is 11.2. The van der Waals surface area contributed by atoms with E-state index in [1.807, 2.05) is 9.13 Å². The monoisotopic (exact) mass is 408 g/mol. The highest BCUT2D eigenvalue weighted by Crippen LogP contribution is 2.41. The SMILES string of the molecule is CCc1cc(C2CC2)cn(CCC(C)(C)c2cc(C3CC3)cn(C(C)C)c2=O)c1=O. The van der Waals surface area contributed by atoms with Gasteiger partial charge in [-0.3, -0.25) is 9.59 Å². The van der Waals surface area contributed by atoms with Gasteiger partial charge in [0, 0.05) is 36.1 Å². The van der Waals surface area contributed by atoms with E-state index in [0.29, 0.717) is 18.4 Å². The summed E-state index contributed by atoms with van der Waals surface area (Å²) in [5.41, 5.74) is 4.37. The highest BCUT2D eigenvalue weighted by Gasteiger charge is 2.31. The molecular formula is C26H36N2O2. The molecule has 0 aliphatic heterocycles. The Labute approximate surface area is 179 Å². The Kier molecular flexibility index (Phi) is 5.54. The van der Waals surface area contributed by atoms with Gasteiger partial charge in [0.15, 0.2) is 0 Å². The fourth-order valence-corrected chi connectivity index (χ4v) is 4.45. The van der Waals surface area contributed by atoms with Crippen molar-refractivity contribution in [2.45, 2.75) is 103 Å². The number of aryl methyl sites for hydroxylation is 2. The predicted molar refractivity (Wildman–Crippen MR) is 123 cm³/mol. The summed E-state index contributed by atoms with van der Waals surface area (Å²) in [5.74, 6) is 1.23. The molecule has 162 valence electrons. The van der Waals surface area contributed by atoms with Gasteiger partial charge in [0.05, 0.1) is 0 Å². The minimum atomic E-state index is -0.292. The zero-order valence-corrected chi connectivity index (χ0v) is 19.2. The van der Waals surface area contributed by atoms with E-state index in [2.05, 4.69) is 59.1 Å². The van der Waals surface area contributed by atoms with Gasteiger partial charge in [-0.1, -0.05) is 20.8 Å². The van der Waals surface area contributed by atoms with Crippen molar-refractivity contribution in [1.82, 2.24) is 9.13 Å². The molecule has 30 heavy (non-hydrogen) atoms. The molecule has 0 N–H and O–H groups in total. The Balaban J connectivity index is 1.65. The molecule has 4 heteroatoms. The summed E-state index contributed by atoms with van der Waals surface area (Å²) >= 11 is 0. The van der Waals surface area contributed by atoms with Crippen molar-refractivity contribution in [1.29, 1.82) is 0 Å². The predicted octanol–water partition coefficient (Wildman–Crippen LogP) is 5.28. The van der Waals surface area contributed by atoms with E-state index in [0.717, 1.165) is 24.0 Å². The van der Waals surface area contributed by atoms with Crippen LogP contribution in [0.25, 0.3) is 0 Å². The smallest absolute Gasteiger partial charge is 0.254 e. The molecule has 0 aromatic carbocycles. The van der Waals surface area contributed by atoms with Crippen LogP contribution in [-0.2, 0) is 18.4 Å². The first-order chi connectivity index (χ1) is 14.2. The minimum absolute atomic E-state index is 0.118. The van der Waals surface area contributed by atoms with Crippen molar-refractivity contribution in [3.05, 3.63) is 67.5 Å². The van der Waals surface area contributed by atoms with Crippen molar-refractivity contribution >= 4 is 0 Å². The molecule has 0 unspecified atom stereocenters. The largest absolute Gasteiger partial charge is 0.315 e. The molecule has 2 aromatic heterocycles. The first-order valence-electron chi connectivity index (χ1n) is 11.7. The summed E-state index contributed by atoms with van der Waals surface area (Å²) in [7, 11) is 0. The van der Waals surface area contributed by atoms with Gasteiger partial charge in [0.25, 0.3) is 11.1 Å². The lowest BCUT2D eigenvalue weighted by Gasteiger charge is -2.27. The molecule has 4 nitrogen and oxygen atoms in total. The fraction of sp³-hybridized carbons (Fsp3) is 0.615. The molecule has 0 atom stereocenters. The normalized spacial score (nSPS) is 17.0. The van der Waals surface area contributed by atoms with Gasteiger partial charge < -0.3 is 9.13 Å². The van der Waals surface area contributed by atoms with Crippen LogP contribution in [0, 0.1) is 0 Å². The van der Waals surface area contributed by atoms with E-state index in [-0.39, 0.29) is 22.6 Å². The lowest BCUT2D eigenvalue weighted by molar-refractivity contribution is 0.420. The van der Waals surface area contributed by atoms with Crippen LogP contribution in [0.5, 0.6) is 0 Å². The number of nitrogens with zero attached hydrogens (tertiary/aromatic N) is 2. The first-order valence-corrected chi connectivity index (χ1v) is 11.7. The fourth-order valence-electron chi connectivity index (χ4n) is 4.45. The highest BCUT2D eigenvalue weighted by molar-refractivity contribution is 5.31. The van der Waals surface area contributed by atoms with Crippen molar-refractivity contribution < 1.29 is 0 Å². The Morgan fingerprint density at radius 1 is 0.967 bits per heavy atom. The van der Waals surface area contributed by atoms with Gasteiger partial charge in [-0.05, 0) is 92.9 Å². The standard InChI is InChI=1S/C26H36N2O2/c1-6-18-13-21(19-7-8-19)15-27(24(18)29)12-11-26(4,5)23-14-22(20-9-10-20)16-28(17(2)3)25(23)30/h13-17,19-20H,6-12H2,1-5H3. The number of rotatable bonds is 8. The Morgan fingerprint density at radius 2 is 1.57 bits per heavy atom. The average molecular weight is 409 g/mol. The second-order valence-electron chi connectivity index (χ2n) is 10.3. The van der Waals surface area contributed by atoms with E-state index in [1.54, 1.807) is 0 Å². The van der Waals surface area contributed by atoms with Gasteiger partial charge in [-0.25, -0.2) is 0 Å². The second kappa shape index (κ2) is 7.86. The van der Waals surface area contributed by atoms with E-state index in [1.165, 1.54) is 36.8 Å². The third kappa shape index (κ3) is 4.19. The number of pyridine rings is 2. The number of aromatic nitrogens is 2. The van der Waals surface area contributed by atoms with Gasteiger partial charge in [-0.15, -0.1) is 0 Å². The van der Waals surface area contributed by atoms with Crippen molar-refractivity contribution in [3.8, 4) is 0 Å². The van der Waals surface area contributed by atoms with Crippen LogP contribution in [0.4, 0.5) is 0 Å². The van der Waals surface area contributed by atoms with Crippen LogP contribution in [0.2, 0.25) is 0 Å². The Hall–Kier alpha value is -2.10. The molecule has 2 aliphatic carbocycles. The molecule has 0 saturated heterocycles. The molecule has 2 heterocycles. The summed E-state index contributed by atoms with van der Waals surface area (Å²) in [6, 6.07) is 4.41. The molecule has 0 bridgehead atoms. The zero-order valence-electron chi connectivity index (χ0n) is 19.2. The van der Waals surface area contributed by atoms with Gasteiger partial charge in [-0.2, -0.15) is 0 Å². The van der Waals surface area contributed by atoms with E-state index < -0.39 is 0 Å². The molecule has 2 aromatic rings. The Morgan fingerprint density at radius 3 is 2.10 bits per heavy atom. The second-order valence-corrected chi connectivity index (χ2v) is 10.3. The van der Waals surface area contributed by atoms with E-state index in [9.17, 15) is 9.59 Å². The molecule has 0 spiro atoms. The van der Waals surface area contributed by atoms with Gasteiger partial charge in [0.2, 0.25) is 0 Å². The number of hydrogen-bond donors (Lipinski definition) is 0. The van der Waals surface area contributed by atoms with E-state index in [4.69, 9.17) is 0 Å². The Bertz CT molecular complexity index is 1050. The van der Waals surface area contributed by atoms with Crippen LogP contribution in [0.3, 0.4) is 0 Å². The van der Waals surface area contributed by atoms with Crippen molar-refractivity contribution in [2.24, 2.45) is 0 Å². The summed E-state index contributed by atoms with van der Waals surface area (Å²) < 4.78 is 3.81. The van der Waals surface area contributed by atoms with E-state index >= 15 is 0 Å². The molecular weight excluding hydrogens is 372 g/mol. The van der Waals surface area contributed by atoms with Crippen LogP contribution in [0.1, 0.15) is 107 Å². The van der Waals surface area contributed by atoms with Crippen LogP contribution in [-0.4, -0.2) is 9.13 Å². The zero-order chi connectivity index (χ0) is 21.6. The van der Waals surface area contributed by atoms with Crippen LogP contribution in [0.15, 0.2) is 34.1 Å². The maximum Gasteiger partial charge on any atom is 0.254 e. The quantitative estimate of drug-likeness (QED) is 0.597. The van der Waals surface area contributed by atoms with Gasteiger partial charge >= 0.3 is 0 Å². The highest BCUT2D eigenvalue weighted by atomic mass is 16.1. The topological polar surface area (TPSA) is 44.0 Å². The van der Waals surface area contributed by atoms with Gasteiger partial charge in [0.1, 0.15) is 0 Å². The summed E-state index contributed by atoms with van der Waals surface area (Å²) in [6.07, 6.45) is 10.6.